The van der Waals surface area contributed by atoms with Crippen molar-refractivity contribution < 1.29 is 13.2 Å². The molecule has 3 heterocycles. The summed E-state index contributed by atoms with van der Waals surface area (Å²) in [6.07, 6.45) is 0.460. The monoisotopic (exact) mass is 408 g/mol. The van der Waals surface area contributed by atoms with Gasteiger partial charge in [-0.3, -0.25) is 4.98 Å². The Kier molecular flexibility index (Phi) is 5.30. The van der Waals surface area contributed by atoms with Gasteiger partial charge in [-0.25, -0.2) is 4.98 Å². The maximum absolute atomic E-state index is 13.2. The molecule has 0 aliphatic carbocycles. The van der Waals surface area contributed by atoms with Crippen LogP contribution in [0.3, 0.4) is 0 Å². The lowest BCUT2D eigenvalue weighted by Crippen LogP contribution is -2.14. The van der Waals surface area contributed by atoms with Gasteiger partial charge in [0.2, 0.25) is 0 Å². The zero-order valence-electron chi connectivity index (χ0n) is 15.7. The number of nitrogens with zero attached hydrogens (tertiary/aromatic N) is 4. The van der Waals surface area contributed by atoms with Crippen LogP contribution in [0, 0.1) is 0 Å². The molecule has 10 heteroatoms. The molecule has 0 aliphatic heterocycles. The highest BCUT2D eigenvalue weighted by Gasteiger charge is 2.32. The van der Waals surface area contributed by atoms with E-state index >= 15 is 0 Å². The molecule has 0 unspecified atom stereocenters. The lowest BCUT2D eigenvalue weighted by Gasteiger charge is -2.15. The van der Waals surface area contributed by atoms with Crippen molar-refractivity contribution in [3.63, 3.8) is 0 Å². The average molecular weight is 408 g/mol. The van der Waals surface area contributed by atoms with Crippen LogP contribution in [0.25, 0.3) is 5.65 Å². The van der Waals surface area contributed by atoms with Crippen LogP contribution in [0.2, 0.25) is 0 Å². The molecule has 6 nitrogen and oxygen atoms in total. The second kappa shape index (κ2) is 8.06. The number of hydrogen-bond donors (Lipinski definition) is 2. The van der Waals surface area contributed by atoms with Gasteiger partial charge < -0.3 is 10.6 Å². The highest BCUT2D eigenvalue weighted by atomic mass is 19.4. The standard InChI is InChI=1S/C20H16BF3N6/c21-16-12-28-30-18(27-10-13-4-3-7-25-9-13)8-17(29-19(16)30)26-11-14-5-1-2-6-15(14)20(22,23)24/h1-9,12,27H,10-11H2,(H,26,29). The fourth-order valence-electron chi connectivity index (χ4n) is 3.03. The fourth-order valence-corrected chi connectivity index (χ4v) is 3.03. The van der Waals surface area contributed by atoms with E-state index in [-0.39, 0.29) is 12.1 Å². The number of fused-ring (bicyclic) bond motifs is 1. The summed E-state index contributed by atoms with van der Waals surface area (Å²) in [6, 6.07) is 10.8. The van der Waals surface area contributed by atoms with Gasteiger partial charge in [0, 0.05) is 37.7 Å². The van der Waals surface area contributed by atoms with Gasteiger partial charge in [-0.2, -0.15) is 22.8 Å². The summed E-state index contributed by atoms with van der Waals surface area (Å²) in [6.45, 7) is 0.429. The Bertz CT molecular complexity index is 1160. The van der Waals surface area contributed by atoms with Crippen molar-refractivity contribution in [2.75, 3.05) is 10.6 Å². The summed E-state index contributed by atoms with van der Waals surface area (Å²) in [5.41, 5.74) is 1.16. The first kappa shape index (κ1) is 19.7. The second-order valence-corrected chi connectivity index (χ2v) is 6.59. The molecule has 0 saturated carbocycles. The molecule has 2 radical (unpaired) electrons. The first-order valence-electron chi connectivity index (χ1n) is 9.08. The number of nitrogens with one attached hydrogen (secondary N) is 2. The van der Waals surface area contributed by atoms with Crippen molar-refractivity contribution in [3.8, 4) is 0 Å². The van der Waals surface area contributed by atoms with Crippen molar-refractivity contribution in [1.29, 1.82) is 0 Å². The second-order valence-electron chi connectivity index (χ2n) is 6.59. The van der Waals surface area contributed by atoms with E-state index < -0.39 is 11.7 Å². The largest absolute Gasteiger partial charge is 0.416 e. The lowest BCUT2D eigenvalue weighted by molar-refractivity contribution is -0.138. The summed E-state index contributed by atoms with van der Waals surface area (Å²) in [7, 11) is 5.95. The first-order chi connectivity index (χ1) is 14.4. The molecule has 0 amide bonds. The average Bonchev–Trinajstić information content (AvgIpc) is 3.12. The Morgan fingerprint density at radius 2 is 1.83 bits per heavy atom. The molecule has 2 N–H and O–H groups in total. The number of halogens is 3. The normalized spacial score (nSPS) is 11.6. The van der Waals surface area contributed by atoms with Crippen LogP contribution in [-0.2, 0) is 19.3 Å². The zero-order chi connectivity index (χ0) is 21.1. The SMILES string of the molecule is [B]c1cnn2c(NCc3cccnc3)cc(NCc3ccccc3C(F)(F)F)nc12. The number of benzene rings is 1. The van der Waals surface area contributed by atoms with Crippen LogP contribution < -0.4 is 16.1 Å². The fraction of sp³-hybridized carbons (Fsp3) is 0.150. The third kappa shape index (κ3) is 4.22. The van der Waals surface area contributed by atoms with Crippen LogP contribution in [0.15, 0.2) is 61.1 Å². The molecule has 4 rings (SSSR count). The first-order valence-corrected chi connectivity index (χ1v) is 9.08. The minimum absolute atomic E-state index is 0.0467. The van der Waals surface area contributed by atoms with Crippen LogP contribution in [0.5, 0.6) is 0 Å². The number of hydrogen-bond acceptors (Lipinski definition) is 5. The van der Waals surface area contributed by atoms with E-state index in [1.54, 1.807) is 29.0 Å². The molecule has 0 saturated heterocycles. The highest BCUT2D eigenvalue weighted by molar-refractivity contribution is 6.36. The maximum Gasteiger partial charge on any atom is 0.416 e. The summed E-state index contributed by atoms with van der Waals surface area (Å²) < 4.78 is 41.2. The summed E-state index contributed by atoms with van der Waals surface area (Å²) in [5, 5.41) is 10.4. The van der Waals surface area contributed by atoms with Crippen LogP contribution in [-0.4, -0.2) is 27.4 Å². The smallest absolute Gasteiger partial charge is 0.366 e. The highest BCUT2D eigenvalue weighted by Crippen LogP contribution is 2.32. The predicted molar refractivity (Wildman–Crippen MR) is 109 cm³/mol. The predicted octanol–water partition coefficient (Wildman–Crippen LogP) is 3.16. The molecule has 0 aliphatic rings. The van der Waals surface area contributed by atoms with Crippen molar-refractivity contribution in [1.82, 2.24) is 19.6 Å². The van der Waals surface area contributed by atoms with E-state index in [4.69, 9.17) is 7.85 Å². The lowest BCUT2D eigenvalue weighted by atomic mass is 10.0. The number of aromatic nitrogens is 4. The molecule has 30 heavy (non-hydrogen) atoms. The third-order valence-corrected chi connectivity index (χ3v) is 4.48. The Balaban J connectivity index is 1.60. The minimum Gasteiger partial charge on any atom is -0.366 e. The van der Waals surface area contributed by atoms with Crippen LogP contribution in [0.4, 0.5) is 24.8 Å². The van der Waals surface area contributed by atoms with Gasteiger partial charge in [0.05, 0.1) is 5.56 Å². The molecule has 1 aromatic carbocycles. The number of rotatable bonds is 6. The van der Waals surface area contributed by atoms with Gasteiger partial charge in [0.1, 0.15) is 19.5 Å². The Morgan fingerprint density at radius 3 is 2.60 bits per heavy atom. The van der Waals surface area contributed by atoms with E-state index in [9.17, 15) is 13.2 Å². The summed E-state index contributed by atoms with van der Waals surface area (Å²) >= 11 is 0. The van der Waals surface area contributed by atoms with Crippen molar-refractivity contribution in [2.24, 2.45) is 0 Å². The van der Waals surface area contributed by atoms with E-state index in [0.717, 1.165) is 11.6 Å². The Hall–Kier alpha value is -3.56. The molecule has 0 fully saturated rings. The molecule has 0 bridgehead atoms. The van der Waals surface area contributed by atoms with E-state index in [0.29, 0.717) is 29.3 Å². The molecular formula is C20H16BF3N6. The van der Waals surface area contributed by atoms with Crippen LogP contribution in [0.1, 0.15) is 16.7 Å². The molecule has 3 aromatic heterocycles. The van der Waals surface area contributed by atoms with Crippen molar-refractivity contribution in [3.05, 3.63) is 77.7 Å². The Labute approximate surface area is 171 Å². The third-order valence-electron chi connectivity index (χ3n) is 4.48. The van der Waals surface area contributed by atoms with Crippen molar-refractivity contribution in [2.45, 2.75) is 19.3 Å². The zero-order valence-corrected chi connectivity index (χ0v) is 15.7. The van der Waals surface area contributed by atoms with Crippen LogP contribution >= 0.6 is 0 Å². The number of pyridine rings is 1. The molecular weight excluding hydrogens is 392 g/mol. The molecule has 0 atom stereocenters. The quantitative estimate of drug-likeness (QED) is 0.480. The van der Waals surface area contributed by atoms with E-state index in [1.807, 2.05) is 12.1 Å². The van der Waals surface area contributed by atoms with Crippen molar-refractivity contribution >= 4 is 30.6 Å². The van der Waals surface area contributed by atoms with E-state index in [1.165, 1.54) is 18.3 Å². The summed E-state index contributed by atoms with van der Waals surface area (Å²) in [5.74, 6) is 0.965. The van der Waals surface area contributed by atoms with Gasteiger partial charge in [0.25, 0.3) is 0 Å². The molecule has 4 aromatic rings. The Morgan fingerprint density at radius 1 is 1.00 bits per heavy atom. The van der Waals surface area contributed by atoms with Gasteiger partial charge >= 0.3 is 6.18 Å². The maximum atomic E-state index is 13.2. The van der Waals surface area contributed by atoms with Gasteiger partial charge in [-0.05, 0) is 28.7 Å². The topological polar surface area (TPSA) is 67.1 Å². The summed E-state index contributed by atoms with van der Waals surface area (Å²) in [4.78, 5) is 8.46. The van der Waals surface area contributed by atoms with Gasteiger partial charge in [0.15, 0.2) is 5.65 Å². The van der Waals surface area contributed by atoms with Gasteiger partial charge in [-0.1, -0.05) is 24.3 Å². The number of anilines is 2. The minimum atomic E-state index is -4.43. The molecule has 0 spiro atoms. The number of alkyl halides is 3. The van der Waals surface area contributed by atoms with Gasteiger partial charge in [-0.15, -0.1) is 0 Å². The van der Waals surface area contributed by atoms with E-state index in [2.05, 4.69) is 25.7 Å². The molecule has 150 valence electrons.